The van der Waals surface area contributed by atoms with E-state index >= 15 is 0 Å². The summed E-state index contributed by atoms with van der Waals surface area (Å²) in [7, 11) is 0. The van der Waals surface area contributed by atoms with Gasteiger partial charge in [0.05, 0.1) is 33.1 Å². The van der Waals surface area contributed by atoms with Crippen LogP contribution >= 0.6 is 0 Å². The van der Waals surface area contributed by atoms with Crippen molar-refractivity contribution in [2.24, 2.45) is 0 Å². The molecule has 0 unspecified atom stereocenters. The van der Waals surface area contributed by atoms with Crippen LogP contribution in [0.25, 0.3) is 116 Å². The SMILES string of the molecule is c1ccc(-c2ccc(-c3nc4ccccc4n3-c3ccc(-n4c5ccccc5c5cc(-c6ccc7c(c6)c6ccccc6n7-c6ccc(-c7ccccc7)cc6)ccc54)cc3)cc2)cc1. The largest absolute Gasteiger partial charge is 0.309 e. The van der Waals surface area contributed by atoms with Gasteiger partial charge >= 0.3 is 0 Å². The molecule has 10 aromatic carbocycles. The van der Waals surface area contributed by atoms with Gasteiger partial charge in [-0.1, -0.05) is 158 Å². The summed E-state index contributed by atoms with van der Waals surface area (Å²) in [6.45, 7) is 0. The zero-order valence-corrected chi connectivity index (χ0v) is 35.4. The van der Waals surface area contributed by atoms with Gasteiger partial charge in [0.1, 0.15) is 5.82 Å². The minimum Gasteiger partial charge on any atom is -0.309 e. The predicted molar refractivity (Wildman–Crippen MR) is 271 cm³/mol. The number of hydrogen-bond acceptors (Lipinski definition) is 1. The Hall–Kier alpha value is -8.73. The average Bonchev–Trinajstić information content (AvgIpc) is 4.05. The molecule has 0 aliphatic carbocycles. The summed E-state index contributed by atoms with van der Waals surface area (Å²) in [6, 6.07) is 87.5. The Balaban J connectivity index is 0.878. The Morgan fingerprint density at radius 1 is 0.231 bits per heavy atom. The fraction of sp³-hybridized carbons (Fsp3) is 0. The van der Waals surface area contributed by atoms with Crippen molar-refractivity contribution in [1.29, 1.82) is 0 Å². The fourth-order valence-electron chi connectivity index (χ4n) is 9.97. The van der Waals surface area contributed by atoms with Gasteiger partial charge in [-0.15, -0.1) is 0 Å². The van der Waals surface area contributed by atoms with Crippen LogP contribution in [-0.2, 0) is 0 Å². The first-order valence-electron chi connectivity index (χ1n) is 22.2. The van der Waals surface area contributed by atoms with Crippen LogP contribution < -0.4 is 0 Å². The molecule has 0 aliphatic heterocycles. The van der Waals surface area contributed by atoms with Crippen molar-refractivity contribution in [2.45, 2.75) is 0 Å². The van der Waals surface area contributed by atoms with E-state index in [2.05, 4.69) is 256 Å². The summed E-state index contributed by atoms with van der Waals surface area (Å²) in [4.78, 5) is 5.16. The van der Waals surface area contributed by atoms with Crippen LogP contribution in [0.15, 0.2) is 243 Å². The van der Waals surface area contributed by atoms with Crippen LogP contribution in [0.4, 0.5) is 0 Å². The highest BCUT2D eigenvalue weighted by atomic mass is 15.1. The highest BCUT2D eigenvalue weighted by Crippen LogP contribution is 2.39. The van der Waals surface area contributed by atoms with Gasteiger partial charge in [-0.25, -0.2) is 4.98 Å². The lowest BCUT2D eigenvalue weighted by atomic mass is 10.0. The minimum atomic E-state index is 0.920. The topological polar surface area (TPSA) is 27.7 Å². The van der Waals surface area contributed by atoms with Crippen LogP contribution in [0.3, 0.4) is 0 Å². The number of nitrogens with zero attached hydrogens (tertiary/aromatic N) is 4. The molecule has 0 aliphatic rings. The molecule has 0 saturated carbocycles. The smallest absolute Gasteiger partial charge is 0.145 e. The van der Waals surface area contributed by atoms with Gasteiger partial charge in [0.2, 0.25) is 0 Å². The van der Waals surface area contributed by atoms with Crippen molar-refractivity contribution in [1.82, 2.24) is 18.7 Å². The van der Waals surface area contributed by atoms with Crippen LogP contribution in [0, 0.1) is 0 Å². The first kappa shape index (κ1) is 36.9. The minimum absolute atomic E-state index is 0.920. The van der Waals surface area contributed by atoms with E-state index in [1.54, 1.807) is 0 Å². The molecule has 65 heavy (non-hydrogen) atoms. The van der Waals surface area contributed by atoms with E-state index in [4.69, 9.17) is 4.98 Å². The standard InChI is InChI=1S/C61H40N4/c1-3-13-41(14-4-1)43-23-25-45(26-24-43)61-62-55-19-9-12-22-60(55)65(61)50-35-33-49(34-36-50)64-57-21-11-8-18-52(57)54-40-47(30-38-59(54)64)46-29-37-58-53(39-46)51-17-7-10-20-56(51)63(58)48-31-27-44(28-32-48)42-15-5-2-6-16-42/h1-40H. The normalized spacial score (nSPS) is 11.7. The Labute approximate surface area is 376 Å². The predicted octanol–water partition coefficient (Wildman–Crippen LogP) is 15.9. The summed E-state index contributed by atoms with van der Waals surface area (Å²) in [6.07, 6.45) is 0. The molecule has 13 aromatic rings. The second-order valence-electron chi connectivity index (χ2n) is 16.8. The quantitative estimate of drug-likeness (QED) is 0.157. The summed E-state index contributed by atoms with van der Waals surface area (Å²) < 4.78 is 7.07. The molecule has 3 heterocycles. The maximum atomic E-state index is 5.16. The van der Waals surface area contributed by atoms with Gasteiger partial charge in [0.25, 0.3) is 0 Å². The van der Waals surface area contributed by atoms with Crippen molar-refractivity contribution in [3.05, 3.63) is 243 Å². The molecular weight excluding hydrogens is 789 g/mol. The highest BCUT2D eigenvalue weighted by Gasteiger charge is 2.18. The molecule has 0 fully saturated rings. The van der Waals surface area contributed by atoms with E-state index in [0.29, 0.717) is 0 Å². The molecule has 0 bridgehead atoms. The average molecular weight is 829 g/mol. The Morgan fingerprint density at radius 3 is 1.11 bits per heavy atom. The summed E-state index contributed by atoms with van der Waals surface area (Å²) in [5.74, 6) is 0.920. The Morgan fingerprint density at radius 2 is 0.585 bits per heavy atom. The molecule has 4 heteroatoms. The van der Waals surface area contributed by atoms with Crippen molar-refractivity contribution in [2.75, 3.05) is 0 Å². The van der Waals surface area contributed by atoms with E-state index in [9.17, 15) is 0 Å². The van der Waals surface area contributed by atoms with Crippen LogP contribution in [0.2, 0.25) is 0 Å². The van der Waals surface area contributed by atoms with Crippen LogP contribution in [0.1, 0.15) is 0 Å². The van der Waals surface area contributed by atoms with Gasteiger partial charge in [0, 0.05) is 44.2 Å². The molecule has 4 nitrogen and oxygen atoms in total. The molecule has 0 saturated heterocycles. The summed E-state index contributed by atoms with van der Waals surface area (Å²) in [5.41, 5.74) is 18.4. The summed E-state index contributed by atoms with van der Waals surface area (Å²) >= 11 is 0. The lowest BCUT2D eigenvalue weighted by molar-refractivity contribution is 1.09. The third kappa shape index (κ3) is 6.11. The number of rotatable bonds is 7. The molecular formula is C61H40N4. The second kappa shape index (κ2) is 15.0. The Bertz CT molecular complexity index is 3890. The summed E-state index contributed by atoms with van der Waals surface area (Å²) in [5, 5.41) is 4.94. The molecule has 0 amide bonds. The maximum absolute atomic E-state index is 5.16. The number of hydrogen-bond donors (Lipinski definition) is 0. The van der Waals surface area contributed by atoms with Gasteiger partial charge in [0.15, 0.2) is 0 Å². The number of fused-ring (bicyclic) bond motifs is 7. The third-order valence-electron chi connectivity index (χ3n) is 13.1. The number of aromatic nitrogens is 4. The van der Waals surface area contributed by atoms with Crippen molar-refractivity contribution < 1.29 is 0 Å². The van der Waals surface area contributed by atoms with E-state index in [1.807, 2.05) is 0 Å². The number of imidazole rings is 1. The van der Waals surface area contributed by atoms with Crippen molar-refractivity contribution >= 4 is 54.6 Å². The lowest BCUT2D eigenvalue weighted by Gasteiger charge is -2.13. The van der Waals surface area contributed by atoms with E-state index in [1.165, 1.54) is 77.0 Å². The third-order valence-corrected chi connectivity index (χ3v) is 13.1. The molecule has 0 N–H and O–H groups in total. The molecule has 3 aromatic heterocycles. The van der Waals surface area contributed by atoms with Crippen molar-refractivity contribution in [3.8, 4) is 61.8 Å². The first-order chi connectivity index (χ1) is 32.2. The fourth-order valence-corrected chi connectivity index (χ4v) is 9.97. The molecule has 13 rings (SSSR count). The van der Waals surface area contributed by atoms with Gasteiger partial charge in [-0.2, -0.15) is 0 Å². The number of benzene rings is 10. The molecule has 0 atom stereocenters. The maximum Gasteiger partial charge on any atom is 0.145 e. The lowest BCUT2D eigenvalue weighted by Crippen LogP contribution is -1.99. The second-order valence-corrected chi connectivity index (χ2v) is 16.8. The highest BCUT2D eigenvalue weighted by molar-refractivity contribution is 6.12. The molecule has 304 valence electrons. The van der Waals surface area contributed by atoms with E-state index in [0.717, 1.165) is 39.5 Å². The Kier molecular flexibility index (Phi) is 8.50. The van der Waals surface area contributed by atoms with E-state index in [-0.39, 0.29) is 0 Å². The zero-order valence-electron chi connectivity index (χ0n) is 35.4. The number of para-hydroxylation sites is 4. The monoisotopic (exact) mass is 828 g/mol. The van der Waals surface area contributed by atoms with Gasteiger partial charge in [-0.3, -0.25) is 4.57 Å². The van der Waals surface area contributed by atoms with Crippen molar-refractivity contribution in [3.63, 3.8) is 0 Å². The van der Waals surface area contributed by atoms with Gasteiger partial charge in [-0.05, 0) is 118 Å². The van der Waals surface area contributed by atoms with Crippen LogP contribution in [0.5, 0.6) is 0 Å². The van der Waals surface area contributed by atoms with Gasteiger partial charge < -0.3 is 9.13 Å². The zero-order chi connectivity index (χ0) is 42.8. The molecule has 0 spiro atoms. The van der Waals surface area contributed by atoms with Crippen LogP contribution in [-0.4, -0.2) is 18.7 Å². The van der Waals surface area contributed by atoms with E-state index < -0.39 is 0 Å². The molecule has 0 radical (unpaired) electrons. The first-order valence-corrected chi connectivity index (χ1v) is 22.2.